The van der Waals surface area contributed by atoms with Gasteiger partial charge < -0.3 is 0 Å². The van der Waals surface area contributed by atoms with Crippen molar-refractivity contribution >= 4 is 66.4 Å². The summed E-state index contributed by atoms with van der Waals surface area (Å²) in [6.07, 6.45) is 5.59. The Morgan fingerprint density at radius 1 is 1.00 bits per heavy atom. The molecular formula is C17H19Br2N3O2S. The van der Waals surface area contributed by atoms with Gasteiger partial charge in [0, 0.05) is 6.54 Å². The molecule has 2 heterocycles. The lowest BCUT2D eigenvalue weighted by atomic mass is 10.00. The van der Waals surface area contributed by atoms with Crippen LogP contribution >= 0.6 is 43.6 Å². The number of unbranched alkanes of at least 4 members (excludes halogenated alkanes) is 2. The molecule has 1 unspecified atom stereocenters. The highest BCUT2D eigenvalue weighted by Gasteiger charge is 2.40. The van der Waals surface area contributed by atoms with Crippen molar-refractivity contribution in [3.05, 3.63) is 20.1 Å². The Morgan fingerprint density at radius 2 is 1.56 bits per heavy atom. The number of fused-ring (bicyclic) bond motifs is 2. The molecule has 0 aliphatic carbocycles. The number of amides is 2. The number of aromatic nitrogens is 2. The molecule has 0 bridgehead atoms. The lowest BCUT2D eigenvalue weighted by Crippen LogP contribution is -2.31. The Hall–Kier alpha value is -0.860. The topological polar surface area (TPSA) is 63.2 Å². The van der Waals surface area contributed by atoms with Gasteiger partial charge in [-0.05, 0) is 44.2 Å². The van der Waals surface area contributed by atoms with Gasteiger partial charge in [0.05, 0.1) is 31.8 Å². The molecule has 1 atom stereocenters. The molecule has 3 rings (SSSR count). The van der Waals surface area contributed by atoms with E-state index in [9.17, 15) is 9.59 Å². The molecule has 1 aromatic heterocycles. The van der Waals surface area contributed by atoms with Crippen LogP contribution in [-0.4, -0.2) is 32.0 Å². The zero-order valence-corrected chi connectivity index (χ0v) is 18.1. The van der Waals surface area contributed by atoms with Crippen LogP contribution in [0, 0.1) is 5.92 Å². The Morgan fingerprint density at radius 3 is 2.08 bits per heavy atom. The Labute approximate surface area is 167 Å². The summed E-state index contributed by atoms with van der Waals surface area (Å²) in [5.41, 5.74) is 2.03. The molecule has 0 radical (unpaired) electrons. The SMILES string of the molecule is CCCCCC(C)CCN1C(=O)c2c(c(Br)c3nsnc3c2Br)C1=O. The van der Waals surface area contributed by atoms with Gasteiger partial charge in [-0.25, -0.2) is 0 Å². The molecule has 0 N–H and O–H groups in total. The van der Waals surface area contributed by atoms with Crippen LogP contribution in [-0.2, 0) is 0 Å². The summed E-state index contributed by atoms with van der Waals surface area (Å²) in [7, 11) is 0. The van der Waals surface area contributed by atoms with Crippen molar-refractivity contribution in [2.75, 3.05) is 6.54 Å². The first-order chi connectivity index (χ1) is 12.0. The predicted octanol–water partition coefficient (Wildman–Crippen LogP) is 5.42. The maximum Gasteiger partial charge on any atom is 0.262 e. The molecule has 0 fully saturated rings. The second-order valence-corrected chi connectivity index (χ2v) is 8.61. The minimum absolute atomic E-state index is 0.247. The van der Waals surface area contributed by atoms with Crippen LogP contribution in [0.4, 0.5) is 0 Å². The first-order valence-corrected chi connectivity index (χ1v) is 10.8. The molecule has 5 nitrogen and oxygen atoms in total. The summed E-state index contributed by atoms with van der Waals surface area (Å²) in [6, 6.07) is 0. The molecule has 0 spiro atoms. The normalized spacial score (nSPS) is 15.3. The lowest BCUT2D eigenvalue weighted by Gasteiger charge is -2.17. The first kappa shape index (κ1) is 18.9. The van der Waals surface area contributed by atoms with Crippen molar-refractivity contribution in [2.45, 2.75) is 46.0 Å². The second kappa shape index (κ2) is 7.80. The van der Waals surface area contributed by atoms with Crippen LogP contribution in [0.2, 0.25) is 0 Å². The van der Waals surface area contributed by atoms with E-state index in [1.807, 2.05) is 0 Å². The maximum atomic E-state index is 12.8. The molecule has 0 saturated heterocycles. The zero-order valence-electron chi connectivity index (χ0n) is 14.1. The van der Waals surface area contributed by atoms with Gasteiger partial charge in [0.2, 0.25) is 0 Å². The van der Waals surface area contributed by atoms with Gasteiger partial charge in [-0.3, -0.25) is 14.5 Å². The van der Waals surface area contributed by atoms with E-state index in [0.29, 0.717) is 43.6 Å². The summed E-state index contributed by atoms with van der Waals surface area (Å²) in [6.45, 7) is 4.82. The standard InChI is InChI=1S/C17H19Br2N3O2S/c1-3-4-5-6-9(2)7-8-22-16(23)10-11(17(22)24)13(19)15-14(12(10)18)20-25-21-15/h9H,3-8H2,1-2H3. The van der Waals surface area contributed by atoms with Crippen molar-refractivity contribution < 1.29 is 9.59 Å². The van der Waals surface area contributed by atoms with Crippen LogP contribution in [0.15, 0.2) is 8.95 Å². The third kappa shape index (κ3) is 3.40. The van der Waals surface area contributed by atoms with E-state index in [0.717, 1.165) is 24.6 Å². The quantitative estimate of drug-likeness (QED) is 0.385. The fraction of sp³-hybridized carbons (Fsp3) is 0.529. The smallest absolute Gasteiger partial charge is 0.262 e. The summed E-state index contributed by atoms with van der Waals surface area (Å²) in [4.78, 5) is 27.0. The number of rotatable bonds is 7. The fourth-order valence-corrected chi connectivity index (χ4v) is 5.22. The highest BCUT2D eigenvalue weighted by atomic mass is 79.9. The molecule has 1 aromatic carbocycles. The van der Waals surface area contributed by atoms with E-state index >= 15 is 0 Å². The van der Waals surface area contributed by atoms with Gasteiger partial charge in [-0.15, -0.1) is 0 Å². The van der Waals surface area contributed by atoms with Gasteiger partial charge >= 0.3 is 0 Å². The van der Waals surface area contributed by atoms with Crippen molar-refractivity contribution in [2.24, 2.45) is 5.92 Å². The second-order valence-electron chi connectivity index (χ2n) is 6.49. The number of nitrogens with zero attached hydrogens (tertiary/aromatic N) is 3. The summed E-state index contributed by atoms with van der Waals surface area (Å²) in [5.74, 6) is 0.000570. The summed E-state index contributed by atoms with van der Waals surface area (Å²) < 4.78 is 9.58. The van der Waals surface area contributed by atoms with Crippen molar-refractivity contribution in [3.63, 3.8) is 0 Å². The molecule has 8 heteroatoms. The van der Waals surface area contributed by atoms with Crippen LogP contribution in [0.25, 0.3) is 11.0 Å². The Kier molecular flexibility index (Phi) is 5.90. The molecule has 0 saturated carbocycles. The van der Waals surface area contributed by atoms with Gasteiger partial charge in [-0.2, -0.15) is 8.75 Å². The number of imide groups is 1. The van der Waals surface area contributed by atoms with E-state index in [-0.39, 0.29) is 11.8 Å². The minimum Gasteiger partial charge on any atom is -0.274 e. The van der Waals surface area contributed by atoms with Crippen LogP contribution in [0.3, 0.4) is 0 Å². The van der Waals surface area contributed by atoms with E-state index < -0.39 is 0 Å². The van der Waals surface area contributed by atoms with Crippen molar-refractivity contribution in [1.82, 2.24) is 13.6 Å². The number of halogens is 2. The monoisotopic (exact) mass is 487 g/mol. The number of carbonyl (C=O) groups is 2. The van der Waals surface area contributed by atoms with Crippen LogP contribution in [0.1, 0.15) is 66.7 Å². The molecule has 1 aliphatic rings. The lowest BCUT2D eigenvalue weighted by molar-refractivity contribution is 0.0645. The summed E-state index contributed by atoms with van der Waals surface area (Å²) in [5, 5.41) is 0. The van der Waals surface area contributed by atoms with Crippen LogP contribution in [0.5, 0.6) is 0 Å². The molecule has 2 amide bonds. The Balaban J connectivity index is 1.81. The van der Waals surface area contributed by atoms with Gasteiger partial charge in [0.25, 0.3) is 11.8 Å². The largest absolute Gasteiger partial charge is 0.274 e. The number of carbonyl (C=O) groups excluding carboxylic acids is 2. The van der Waals surface area contributed by atoms with E-state index in [2.05, 4.69) is 54.5 Å². The number of benzene rings is 1. The number of hydrogen-bond acceptors (Lipinski definition) is 5. The minimum atomic E-state index is -0.247. The van der Waals surface area contributed by atoms with Crippen molar-refractivity contribution in [3.8, 4) is 0 Å². The molecular weight excluding hydrogens is 470 g/mol. The third-order valence-corrected chi connectivity index (χ3v) is 6.73. The molecule has 134 valence electrons. The molecule has 2 aromatic rings. The van der Waals surface area contributed by atoms with E-state index in [1.54, 1.807) is 0 Å². The summed E-state index contributed by atoms with van der Waals surface area (Å²) >= 11 is 7.96. The average molecular weight is 489 g/mol. The van der Waals surface area contributed by atoms with E-state index in [1.165, 1.54) is 24.2 Å². The maximum absolute atomic E-state index is 12.8. The van der Waals surface area contributed by atoms with Gasteiger partial charge in [0.1, 0.15) is 11.0 Å². The fourth-order valence-electron chi connectivity index (χ4n) is 3.14. The molecule has 25 heavy (non-hydrogen) atoms. The third-order valence-electron chi connectivity index (χ3n) is 4.66. The zero-order chi connectivity index (χ0) is 18.1. The van der Waals surface area contributed by atoms with Crippen LogP contribution < -0.4 is 0 Å². The Bertz CT molecular complexity index is 781. The number of hydrogen-bond donors (Lipinski definition) is 0. The predicted molar refractivity (Wildman–Crippen MR) is 106 cm³/mol. The first-order valence-electron chi connectivity index (χ1n) is 8.46. The molecule has 1 aliphatic heterocycles. The highest BCUT2D eigenvalue weighted by molar-refractivity contribution is 9.11. The van der Waals surface area contributed by atoms with Crippen molar-refractivity contribution in [1.29, 1.82) is 0 Å². The highest BCUT2D eigenvalue weighted by Crippen LogP contribution is 2.41. The van der Waals surface area contributed by atoms with Gasteiger partial charge in [-0.1, -0.05) is 39.5 Å². The van der Waals surface area contributed by atoms with E-state index in [4.69, 9.17) is 0 Å². The average Bonchev–Trinajstić information content (AvgIpc) is 3.16. The van der Waals surface area contributed by atoms with Gasteiger partial charge in [0.15, 0.2) is 0 Å².